The highest BCUT2D eigenvalue weighted by molar-refractivity contribution is 5.89. The molecule has 9 heteroatoms. The maximum atomic E-state index is 12.2. The van der Waals surface area contributed by atoms with Gasteiger partial charge in [0.05, 0.1) is 13.3 Å². The minimum absolute atomic E-state index is 0.174. The molecule has 3 N–H and O–H groups in total. The first kappa shape index (κ1) is 17.4. The molecular formula is C18H21N7O2. The van der Waals surface area contributed by atoms with Crippen LogP contribution in [0.5, 0.6) is 6.01 Å². The molecule has 0 saturated carbocycles. The number of nitrogens with zero attached hydrogens (tertiary/aromatic N) is 4. The Hall–Kier alpha value is -3.04. The van der Waals surface area contributed by atoms with Gasteiger partial charge in [-0.15, -0.1) is 0 Å². The lowest BCUT2D eigenvalue weighted by molar-refractivity contribution is 0.233. The Morgan fingerprint density at radius 2 is 1.96 bits per heavy atom. The average molecular weight is 367 g/mol. The molecular weight excluding hydrogens is 346 g/mol. The summed E-state index contributed by atoms with van der Waals surface area (Å²) in [4.78, 5) is 23.1. The predicted octanol–water partition coefficient (Wildman–Crippen LogP) is 0.870. The third-order valence-electron chi connectivity index (χ3n) is 4.51. The van der Waals surface area contributed by atoms with Crippen LogP contribution in [0.1, 0.15) is 5.56 Å². The van der Waals surface area contributed by atoms with Crippen LogP contribution in [-0.4, -0.2) is 58.4 Å². The smallest absolute Gasteiger partial charge is 0.318 e. The van der Waals surface area contributed by atoms with Crippen LogP contribution in [-0.2, 0) is 6.54 Å². The molecule has 0 aliphatic carbocycles. The summed E-state index contributed by atoms with van der Waals surface area (Å²) >= 11 is 0. The zero-order valence-corrected chi connectivity index (χ0v) is 15.0. The summed E-state index contributed by atoms with van der Waals surface area (Å²) in [7, 11) is 1.48. The van der Waals surface area contributed by atoms with E-state index in [1.807, 2.05) is 12.1 Å². The Morgan fingerprint density at radius 3 is 2.70 bits per heavy atom. The number of rotatable bonds is 5. The minimum Gasteiger partial charge on any atom is -0.467 e. The molecule has 1 aliphatic heterocycles. The van der Waals surface area contributed by atoms with Crippen molar-refractivity contribution in [2.75, 3.05) is 38.6 Å². The number of hydrogen-bond acceptors (Lipinski definition) is 8. The van der Waals surface area contributed by atoms with Crippen molar-refractivity contribution in [3.05, 3.63) is 46.4 Å². The van der Waals surface area contributed by atoms with E-state index in [0.29, 0.717) is 16.7 Å². The van der Waals surface area contributed by atoms with Crippen molar-refractivity contribution in [1.29, 1.82) is 0 Å². The number of hydrogen-bond donors (Lipinski definition) is 3. The maximum Gasteiger partial charge on any atom is 0.318 e. The Labute approximate surface area is 155 Å². The van der Waals surface area contributed by atoms with Crippen LogP contribution in [0.4, 0.5) is 11.5 Å². The highest BCUT2D eigenvalue weighted by atomic mass is 16.5. The fourth-order valence-corrected chi connectivity index (χ4v) is 3.12. The first-order valence-electron chi connectivity index (χ1n) is 8.81. The van der Waals surface area contributed by atoms with E-state index >= 15 is 0 Å². The van der Waals surface area contributed by atoms with E-state index in [1.165, 1.54) is 18.9 Å². The number of H-pyrrole nitrogens is 1. The van der Waals surface area contributed by atoms with Gasteiger partial charge >= 0.3 is 6.01 Å². The Balaban J connectivity index is 1.57. The number of anilines is 2. The Morgan fingerprint density at radius 1 is 1.19 bits per heavy atom. The number of nitrogens with one attached hydrogen (secondary N) is 3. The lowest BCUT2D eigenvalue weighted by Gasteiger charge is -2.27. The van der Waals surface area contributed by atoms with Crippen molar-refractivity contribution < 1.29 is 4.74 Å². The molecule has 0 radical (unpaired) electrons. The second kappa shape index (κ2) is 7.68. The van der Waals surface area contributed by atoms with Crippen LogP contribution in [0, 0.1) is 0 Å². The van der Waals surface area contributed by atoms with E-state index in [9.17, 15) is 4.79 Å². The van der Waals surface area contributed by atoms with Gasteiger partial charge in [-0.2, -0.15) is 15.1 Å². The highest BCUT2D eigenvalue weighted by Gasteiger charge is 2.13. The molecule has 1 fully saturated rings. The van der Waals surface area contributed by atoms with E-state index in [-0.39, 0.29) is 11.6 Å². The summed E-state index contributed by atoms with van der Waals surface area (Å²) < 4.78 is 5.13. The Kier molecular flexibility index (Phi) is 4.95. The number of benzene rings is 1. The standard InChI is InChI=1S/C18H21N7O2/c1-27-18-22-14-10-20-24-17(26)15(14)16(23-18)21-13-4-2-12(3-5-13)11-25-8-6-19-7-9-25/h2-5,10,19H,6-9,11H2,1H3,(H,24,26)(H,21,22,23). The van der Waals surface area contributed by atoms with Gasteiger partial charge in [0.1, 0.15) is 10.9 Å². The normalized spacial score (nSPS) is 15.0. The van der Waals surface area contributed by atoms with Crippen LogP contribution in [0.15, 0.2) is 35.3 Å². The van der Waals surface area contributed by atoms with E-state index < -0.39 is 0 Å². The summed E-state index contributed by atoms with van der Waals surface area (Å²) in [6.45, 7) is 5.11. The quantitative estimate of drug-likeness (QED) is 0.610. The molecule has 0 spiro atoms. The fourth-order valence-electron chi connectivity index (χ4n) is 3.12. The van der Waals surface area contributed by atoms with Crippen LogP contribution < -0.4 is 20.9 Å². The van der Waals surface area contributed by atoms with Crippen molar-refractivity contribution in [2.45, 2.75) is 6.54 Å². The molecule has 4 rings (SSSR count). The number of fused-ring (bicyclic) bond motifs is 1. The van der Waals surface area contributed by atoms with Crippen molar-refractivity contribution in [3.63, 3.8) is 0 Å². The first-order chi connectivity index (χ1) is 13.2. The number of aromatic amines is 1. The second-order valence-electron chi connectivity index (χ2n) is 6.37. The molecule has 9 nitrogen and oxygen atoms in total. The van der Waals surface area contributed by atoms with Crippen LogP contribution >= 0.6 is 0 Å². The zero-order chi connectivity index (χ0) is 18.6. The van der Waals surface area contributed by atoms with Crippen LogP contribution in [0.2, 0.25) is 0 Å². The molecule has 1 aliphatic rings. The molecule has 3 heterocycles. The van der Waals surface area contributed by atoms with Gasteiger partial charge in [-0.3, -0.25) is 9.69 Å². The largest absolute Gasteiger partial charge is 0.467 e. The molecule has 27 heavy (non-hydrogen) atoms. The number of piperazine rings is 1. The maximum absolute atomic E-state index is 12.2. The van der Waals surface area contributed by atoms with E-state index in [1.54, 1.807) is 0 Å². The average Bonchev–Trinajstić information content (AvgIpc) is 2.70. The summed E-state index contributed by atoms with van der Waals surface area (Å²) in [6.07, 6.45) is 1.47. The molecule has 3 aromatic rings. The van der Waals surface area contributed by atoms with Gasteiger partial charge < -0.3 is 15.4 Å². The summed E-state index contributed by atoms with van der Waals surface area (Å²) in [5, 5.41) is 13.1. The SMILES string of the molecule is COc1nc(Nc2ccc(CN3CCNCC3)cc2)c2c(=O)[nH]ncc2n1. The van der Waals surface area contributed by atoms with Gasteiger partial charge in [-0.25, -0.2) is 5.10 Å². The van der Waals surface area contributed by atoms with Crippen LogP contribution in [0.3, 0.4) is 0 Å². The second-order valence-corrected chi connectivity index (χ2v) is 6.37. The third kappa shape index (κ3) is 3.88. The van der Waals surface area contributed by atoms with Crippen molar-refractivity contribution in [2.24, 2.45) is 0 Å². The summed E-state index contributed by atoms with van der Waals surface area (Å²) in [5.74, 6) is 0.385. The third-order valence-corrected chi connectivity index (χ3v) is 4.51. The first-order valence-corrected chi connectivity index (χ1v) is 8.81. The Bertz CT molecular complexity index is 981. The van der Waals surface area contributed by atoms with E-state index in [4.69, 9.17) is 4.74 Å². The molecule has 0 bridgehead atoms. The number of aromatic nitrogens is 4. The van der Waals surface area contributed by atoms with Crippen LogP contribution in [0.25, 0.3) is 10.9 Å². The van der Waals surface area contributed by atoms with Gasteiger partial charge in [0.15, 0.2) is 5.82 Å². The summed E-state index contributed by atoms with van der Waals surface area (Å²) in [6, 6.07) is 8.29. The van der Waals surface area contributed by atoms with Crippen molar-refractivity contribution >= 4 is 22.4 Å². The van der Waals surface area contributed by atoms with Gasteiger partial charge in [0, 0.05) is 38.4 Å². The fraction of sp³-hybridized carbons (Fsp3) is 0.333. The van der Waals surface area contributed by atoms with Crippen molar-refractivity contribution in [1.82, 2.24) is 30.4 Å². The molecule has 0 amide bonds. The zero-order valence-electron chi connectivity index (χ0n) is 15.0. The van der Waals surface area contributed by atoms with E-state index in [2.05, 4.69) is 47.8 Å². The monoisotopic (exact) mass is 367 g/mol. The molecule has 1 aromatic carbocycles. The summed E-state index contributed by atoms with van der Waals surface area (Å²) in [5.41, 5.74) is 2.14. The molecule has 0 atom stereocenters. The molecule has 1 saturated heterocycles. The van der Waals surface area contributed by atoms with Gasteiger partial charge in [-0.1, -0.05) is 12.1 Å². The molecule has 140 valence electrons. The van der Waals surface area contributed by atoms with E-state index in [0.717, 1.165) is 38.4 Å². The van der Waals surface area contributed by atoms with Crippen molar-refractivity contribution in [3.8, 4) is 6.01 Å². The number of methoxy groups -OCH3 is 1. The molecule has 0 unspecified atom stereocenters. The lowest BCUT2D eigenvalue weighted by atomic mass is 10.2. The number of ether oxygens (including phenoxy) is 1. The highest BCUT2D eigenvalue weighted by Crippen LogP contribution is 2.23. The van der Waals surface area contributed by atoms with Gasteiger partial charge in [0.25, 0.3) is 5.56 Å². The topological polar surface area (TPSA) is 108 Å². The lowest BCUT2D eigenvalue weighted by Crippen LogP contribution is -2.42. The minimum atomic E-state index is -0.354. The van der Waals surface area contributed by atoms with Gasteiger partial charge in [0.2, 0.25) is 0 Å². The predicted molar refractivity (Wildman–Crippen MR) is 102 cm³/mol. The van der Waals surface area contributed by atoms with Gasteiger partial charge in [-0.05, 0) is 17.7 Å². The molecule has 2 aromatic heterocycles.